The Balaban J connectivity index is 1.64. The van der Waals surface area contributed by atoms with Gasteiger partial charge in [-0.3, -0.25) is 19.3 Å². The smallest absolute Gasteiger partial charge is 0.328 e. The molecular weight excluding hydrogens is 576 g/mol. The number of amides is 2. The van der Waals surface area contributed by atoms with Crippen molar-refractivity contribution in [2.45, 2.75) is 38.5 Å². The van der Waals surface area contributed by atoms with E-state index >= 15 is 0 Å². The largest absolute Gasteiger partial charge is 0.465 e. The summed E-state index contributed by atoms with van der Waals surface area (Å²) in [5, 5.41) is -0.300. The summed E-state index contributed by atoms with van der Waals surface area (Å²) in [6, 6.07) is 14.9. The minimum absolute atomic E-state index is 0.00711. The molecule has 0 aromatic heterocycles. The molecule has 0 radical (unpaired) electrons. The van der Waals surface area contributed by atoms with E-state index in [2.05, 4.69) is 4.90 Å². The van der Waals surface area contributed by atoms with Crippen molar-refractivity contribution in [3.05, 3.63) is 64.7 Å². The van der Waals surface area contributed by atoms with Crippen LogP contribution < -0.4 is 10.6 Å². The lowest BCUT2D eigenvalue weighted by atomic mass is 10.1. The van der Waals surface area contributed by atoms with Crippen LogP contribution in [-0.2, 0) is 25.5 Å². The molecule has 1 atom stereocenters. The number of carbonyl (C=O) groups excluding carboxylic acids is 3. The first-order chi connectivity index (χ1) is 20.2. The van der Waals surface area contributed by atoms with E-state index in [1.54, 1.807) is 31.2 Å². The number of halogens is 1. The molecule has 1 heterocycles. The molecule has 230 valence electrons. The third kappa shape index (κ3) is 10.3. The maximum Gasteiger partial charge on any atom is 0.328 e. The molecule has 0 aliphatic carbocycles. The fourth-order valence-electron chi connectivity index (χ4n) is 4.61. The second-order valence-electron chi connectivity index (χ2n) is 10.3. The van der Waals surface area contributed by atoms with Crippen LogP contribution >= 0.6 is 23.4 Å². The molecule has 9 nitrogen and oxygen atoms in total. The SMILES string of the molecule is CCOC(=O)[C@H](SCCN)C(=O)N(CCOC(C)C)c1ccc(C(=O)N2CCN(CCc3ccc(Cl)cc3)CC2)cc1. The first-order valence-electron chi connectivity index (χ1n) is 14.5. The van der Waals surface area contributed by atoms with Crippen molar-refractivity contribution in [1.29, 1.82) is 0 Å². The predicted molar refractivity (Wildman–Crippen MR) is 169 cm³/mol. The van der Waals surface area contributed by atoms with Crippen LogP contribution in [0.4, 0.5) is 5.69 Å². The average Bonchev–Trinajstić information content (AvgIpc) is 2.99. The van der Waals surface area contributed by atoms with E-state index in [4.69, 9.17) is 26.8 Å². The number of thioether (sulfide) groups is 1. The molecule has 11 heteroatoms. The number of ether oxygens (including phenoxy) is 2. The van der Waals surface area contributed by atoms with E-state index in [9.17, 15) is 14.4 Å². The van der Waals surface area contributed by atoms with E-state index in [-0.39, 0.29) is 25.2 Å². The molecule has 1 aliphatic heterocycles. The van der Waals surface area contributed by atoms with E-state index in [0.717, 1.165) is 31.1 Å². The molecule has 42 heavy (non-hydrogen) atoms. The second kappa shape index (κ2) is 17.5. The Bertz CT molecular complexity index is 1140. The van der Waals surface area contributed by atoms with Crippen LogP contribution in [0.2, 0.25) is 5.02 Å². The average molecular weight is 619 g/mol. The van der Waals surface area contributed by atoms with Gasteiger partial charge in [-0.15, -0.1) is 11.8 Å². The molecule has 2 amide bonds. The third-order valence-corrected chi connectivity index (χ3v) is 8.33. The minimum atomic E-state index is -1.04. The Morgan fingerprint density at radius 2 is 1.69 bits per heavy atom. The van der Waals surface area contributed by atoms with Gasteiger partial charge in [0.05, 0.1) is 19.3 Å². The van der Waals surface area contributed by atoms with Crippen molar-refractivity contribution in [1.82, 2.24) is 9.80 Å². The van der Waals surface area contributed by atoms with Crippen LogP contribution in [0.1, 0.15) is 36.7 Å². The molecule has 1 fully saturated rings. The number of anilines is 1. The van der Waals surface area contributed by atoms with Gasteiger partial charge in [-0.25, -0.2) is 0 Å². The summed E-state index contributed by atoms with van der Waals surface area (Å²) in [5.41, 5.74) is 8.03. The van der Waals surface area contributed by atoms with Crippen LogP contribution in [0, 0.1) is 0 Å². The highest BCUT2D eigenvalue weighted by Gasteiger charge is 2.33. The summed E-state index contributed by atoms with van der Waals surface area (Å²) >= 11 is 7.15. The van der Waals surface area contributed by atoms with Crippen LogP contribution in [0.5, 0.6) is 0 Å². The van der Waals surface area contributed by atoms with E-state index in [0.29, 0.717) is 43.2 Å². The minimum Gasteiger partial charge on any atom is -0.465 e. The summed E-state index contributed by atoms with van der Waals surface area (Å²) in [4.78, 5) is 45.3. The van der Waals surface area contributed by atoms with E-state index in [1.807, 2.05) is 43.0 Å². The lowest BCUT2D eigenvalue weighted by Gasteiger charge is -2.35. The standard InChI is InChI=1S/C31H43ClN4O5S/c1-4-40-31(39)28(42-22-14-33)30(38)36(20-21-41-23(2)3)27-11-7-25(8-12-27)29(37)35-18-16-34(17-19-35)15-13-24-5-9-26(32)10-6-24/h5-12,23,28H,4,13-22,33H2,1-3H3/t28-/m1/s1. The lowest BCUT2D eigenvalue weighted by molar-refractivity contribution is -0.144. The quantitative estimate of drug-likeness (QED) is 0.238. The Kier molecular flexibility index (Phi) is 14.1. The molecule has 1 aliphatic rings. The number of hydrogen-bond donors (Lipinski definition) is 1. The molecule has 2 N–H and O–H groups in total. The number of piperazine rings is 1. The Morgan fingerprint density at radius 3 is 2.29 bits per heavy atom. The fourth-order valence-corrected chi connectivity index (χ4v) is 5.58. The number of benzene rings is 2. The van der Waals surface area contributed by atoms with Crippen molar-refractivity contribution >= 4 is 46.8 Å². The zero-order valence-corrected chi connectivity index (χ0v) is 26.4. The molecule has 0 spiro atoms. The first kappa shape index (κ1) is 33.9. The zero-order chi connectivity index (χ0) is 30.5. The molecule has 0 saturated carbocycles. The highest BCUT2D eigenvalue weighted by Crippen LogP contribution is 2.23. The van der Waals surface area contributed by atoms with Crippen molar-refractivity contribution in [3.8, 4) is 0 Å². The topological polar surface area (TPSA) is 105 Å². The van der Waals surface area contributed by atoms with Crippen molar-refractivity contribution in [2.24, 2.45) is 5.73 Å². The highest BCUT2D eigenvalue weighted by atomic mass is 35.5. The van der Waals surface area contributed by atoms with Gasteiger partial charge in [0.25, 0.3) is 11.8 Å². The first-order valence-corrected chi connectivity index (χ1v) is 15.9. The number of nitrogens with zero attached hydrogens (tertiary/aromatic N) is 3. The Labute approximate surface area is 258 Å². The maximum absolute atomic E-state index is 13.6. The van der Waals surface area contributed by atoms with Crippen LogP contribution in [-0.4, -0.2) is 104 Å². The van der Waals surface area contributed by atoms with Gasteiger partial charge in [0.2, 0.25) is 0 Å². The maximum atomic E-state index is 13.6. The molecule has 3 rings (SSSR count). The highest BCUT2D eigenvalue weighted by molar-refractivity contribution is 8.01. The van der Waals surface area contributed by atoms with Gasteiger partial charge < -0.3 is 25.0 Å². The fraction of sp³-hybridized carbons (Fsp3) is 0.516. The summed E-state index contributed by atoms with van der Waals surface area (Å²) in [5.74, 6) is -0.585. The molecule has 2 aromatic rings. The van der Waals surface area contributed by atoms with E-state index < -0.39 is 17.1 Å². The second-order valence-corrected chi connectivity index (χ2v) is 11.9. The predicted octanol–water partition coefficient (Wildman–Crippen LogP) is 3.72. The Morgan fingerprint density at radius 1 is 1.02 bits per heavy atom. The number of rotatable bonds is 15. The number of hydrogen-bond acceptors (Lipinski definition) is 8. The molecular formula is C31H43ClN4O5S. The number of carbonyl (C=O) groups is 3. The lowest BCUT2D eigenvalue weighted by Crippen LogP contribution is -2.49. The summed E-state index contributed by atoms with van der Waals surface area (Å²) in [6.45, 7) is 10.5. The van der Waals surface area contributed by atoms with Gasteiger partial charge in [0.15, 0.2) is 5.25 Å². The van der Waals surface area contributed by atoms with Gasteiger partial charge in [-0.1, -0.05) is 23.7 Å². The molecule has 0 unspecified atom stereocenters. The number of esters is 1. The van der Waals surface area contributed by atoms with Crippen molar-refractivity contribution in [3.63, 3.8) is 0 Å². The molecule has 1 saturated heterocycles. The third-order valence-electron chi connectivity index (χ3n) is 6.87. The normalized spacial score (nSPS) is 14.6. The van der Waals surface area contributed by atoms with Gasteiger partial charge in [-0.05, 0) is 69.2 Å². The molecule has 2 aromatic carbocycles. The van der Waals surface area contributed by atoms with E-state index in [1.165, 1.54) is 22.2 Å². The summed E-state index contributed by atoms with van der Waals surface area (Å²) in [6.07, 6.45) is 0.929. The van der Waals surface area contributed by atoms with Gasteiger partial charge >= 0.3 is 5.97 Å². The monoisotopic (exact) mass is 618 g/mol. The van der Waals surface area contributed by atoms with Crippen molar-refractivity contribution in [2.75, 3.05) is 69.7 Å². The van der Waals surface area contributed by atoms with Crippen molar-refractivity contribution < 1.29 is 23.9 Å². The van der Waals surface area contributed by atoms with Crippen LogP contribution in [0.3, 0.4) is 0 Å². The van der Waals surface area contributed by atoms with Gasteiger partial charge in [-0.2, -0.15) is 0 Å². The Hall–Kier alpha value is -2.63. The summed E-state index contributed by atoms with van der Waals surface area (Å²) in [7, 11) is 0. The van der Waals surface area contributed by atoms with Gasteiger partial charge in [0.1, 0.15) is 0 Å². The number of nitrogens with two attached hydrogens (primary N) is 1. The zero-order valence-electron chi connectivity index (χ0n) is 24.8. The van der Waals surface area contributed by atoms with Crippen LogP contribution in [0.15, 0.2) is 48.5 Å². The molecule has 0 bridgehead atoms. The van der Waals surface area contributed by atoms with Gasteiger partial charge in [0, 0.05) is 67.8 Å². The summed E-state index contributed by atoms with van der Waals surface area (Å²) < 4.78 is 10.9. The van der Waals surface area contributed by atoms with Crippen LogP contribution in [0.25, 0.3) is 0 Å².